The van der Waals surface area contributed by atoms with Gasteiger partial charge in [0.2, 0.25) is 0 Å². The van der Waals surface area contributed by atoms with Gasteiger partial charge in [0, 0.05) is 11.1 Å². The second-order valence-corrected chi connectivity index (χ2v) is 5.71. The van der Waals surface area contributed by atoms with Gasteiger partial charge in [-0.25, -0.2) is 9.82 Å². The molecule has 0 saturated heterocycles. The number of carbonyl (C=O) groups excluding carboxylic acids is 2. The van der Waals surface area contributed by atoms with Gasteiger partial charge in [0.15, 0.2) is 0 Å². The van der Waals surface area contributed by atoms with Crippen LogP contribution in [0.5, 0.6) is 5.75 Å². The van der Waals surface area contributed by atoms with E-state index in [0.29, 0.717) is 5.56 Å². The van der Waals surface area contributed by atoms with Crippen LogP contribution in [0.4, 0.5) is 4.39 Å². The van der Waals surface area contributed by atoms with E-state index < -0.39 is 17.6 Å². The second kappa shape index (κ2) is 8.09. The summed E-state index contributed by atoms with van der Waals surface area (Å²) in [6, 6.07) is 15.9. The van der Waals surface area contributed by atoms with Crippen LogP contribution in [0.2, 0.25) is 0 Å². The van der Waals surface area contributed by atoms with E-state index in [1.54, 1.807) is 12.1 Å². The lowest BCUT2D eigenvalue weighted by atomic mass is 10.0. The van der Waals surface area contributed by atoms with Crippen LogP contribution in [-0.2, 0) is 4.79 Å². The zero-order valence-corrected chi connectivity index (χ0v) is 14.1. The van der Waals surface area contributed by atoms with Crippen molar-refractivity contribution in [3.8, 4) is 5.75 Å². The first-order valence-electron chi connectivity index (χ1n) is 8.11. The molecule has 0 aliphatic rings. The molecule has 6 nitrogen and oxygen atoms in total. The number of phenols is 1. The van der Waals surface area contributed by atoms with Crippen LogP contribution in [0.3, 0.4) is 0 Å². The predicted octanol–water partition coefficient (Wildman–Crippen LogP) is 2.56. The van der Waals surface area contributed by atoms with Gasteiger partial charge in [-0.1, -0.05) is 36.4 Å². The van der Waals surface area contributed by atoms with E-state index in [2.05, 4.69) is 15.8 Å². The largest absolute Gasteiger partial charge is 0.507 e. The van der Waals surface area contributed by atoms with Crippen molar-refractivity contribution in [2.24, 2.45) is 5.10 Å². The molecule has 2 amide bonds. The molecule has 27 heavy (non-hydrogen) atoms. The van der Waals surface area contributed by atoms with E-state index in [1.165, 1.54) is 24.4 Å². The quantitative estimate of drug-likeness (QED) is 0.479. The monoisotopic (exact) mass is 365 g/mol. The molecule has 0 saturated carbocycles. The number of rotatable bonds is 5. The van der Waals surface area contributed by atoms with E-state index >= 15 is 0 Å². The molecule has 0 aliphatic carbocycles. The molecule has 136 valence electrons. The molecule has 0 fully saturated rings. The van der Waals surface area contributed by atoms with Crippen molar-refractivity contribution in [2.75, 3.05) is 6.54 Å². The maximum Gasteiger partial charge on any atom is 0.259 e. The number of nitrogens with zero attached hydrogens (tertiary/aromatic N) is 1. The van der Waals surface area contributed by atoms with Crippen LogP contribution in [0.1, 0.15) is 15.9 Å². The Morgan fingerprint density at radius 2 is 1.89 bits per heavy atom. The highest BCUT2D eigenvalue weighted by molar-refractivity contribution is 6.02. The maximum atomic E-state index is 13.1. The summed E-state index contributed by atoms with van der Waals surface area (Å²) in [6.45, 7) is -0.325. The zero-order chi connectivity index (χ0) is 19.2. The van der Waals surface area contributed by atoms with Crippen LogP contribution >= 0.6 is 0 Å². The molecular formula is C20H16FN3O3. The maximum absolute atomic E-state index is 13.1. The third-order valence-electron chi connectivity index (χ3n) is 3.83. The smallest absolute Gasteiger partial charge is 0.259 e. The molecule has 0 heterocycles. The fraction of sp³-hybridized carbons (Fsp3) is 0.0500. The molecule has 0 radical (unpaired) electrons. The molecule has 0 aromatic heterocycles. The first-order chi connectivity index (χ1) is 13.0. The molecule has 3 aromatic carbocycles. The van der Waals surface area contributed by atoms with Crippen molar-refractivity contribution in [3.63, 3.8) is 0 Å². The van der Waals surface area contributed by atoms with Crippen molar-refractivity contribution in [3.05, 3.63) is 77.6 Å². The van der Waals surface area contributed by atoms with E-state index in [0.717, 1.165) is 16.8 Å². The summed E-state index contributed by atoms with van der Waals surface area (Å²) in [5.74, 6) is -1.63. The Balaban J connectivity index is 1.60. The van der Waals surface area contributed by atoms with E-state index in [-0.39, 0.29) is 17.9 Å². The number of hydrogen-bond acceptors (Lipinski definition) is 4. The van der Waals surface area contributed by atoms with Gasteiger partial charge in [-0.15, -0.1) is 0 Å². The van der Waals surface area contributed by atoms with Crippen molar-refractivity contribution in [2.45, 2.75) is 0 Å². The molecule has 7 heteroatoms. The lowest BCUT2D eigenvalue weighted by molar-refractivity contribution is -0.120. The van der Waals surface area contributed by atoms with Crippen molar-refractivity contribution >= 4 is 28.8 Å². The summed E-state index contributed by atoms with van der Waals surface area (Å²) in [5.41, 5.74) is 2.86. The third kappa shape index (κ3) is 4.46. The third-order valence-corrected chi connectivity index (χ3v) is 3.83. The Morgan fingerprint density at radius 1 is 1.07 bits per heavy atom. The molecule has 0 aliphatic heterocycles. The van der Waals surface area contributed by atoms with Gasteiger partial charge in [-0.3, -0.25) is 9.59 Å². The Bertz CT molecular complexity index is 1030. The molecule has 3 N–H and O–H groups in total. The summed E-state index contributed by atoms with van der Waals surface area (Å²) in [5, 5.41) is 17.9. The molecule has 0 bridgehead atoms. The van der Waals surface area contributed by atoms with Gasteiger partial charge in [-0.05, 0) is 35.0 Å². The number of hydrogen-bond donors (Lipinski definition) is 3. The Morgan fingerprint density at radius 3 is 2.70 bits per heavy atom. The summed E-state index contributed by atoms with van der Waals surface area (Å²) >= 11 is 0. The fourth-order valence-electron chi connectivity index (χ4n) is 2.52. The Labute approximate surface area is 154 Å². The van der Waals surface area contributed by atoms with Gasteiger partial charge in [0.05, 0.1) is 12.8 Å². The van der Waals surface area contributed by atoms with Gasteiger partial charge in [0.25, 0.3) is 11.8 Å². The van der Waals surface area contributed by atoms with Crippen molar-refractivity contribution in [1.82, 2.24) is 10.7 Å². The highest BCUT2D eigenvalue weighted by atomic mass is 19.1. The Hall–Kier alpha value is -3.74. The number of halogens is 1. The molecule has 0 atom stereocenters. The van der Waals surface area contributed by atoms with Crippen molar-refractivity contribution < 1.29 is 19.1 Å². The van der Waals surface area contributed by atoms with Crippen LogP contribution in [0.25, 0.3) is 10.8 Å². The number of aromatic hydroxyl groups is 1. The minimum absolute atomic E-state index is 0.0334. The number of carbonyl (C=O) groups is 2. The minimum Gasteiger partial charge on any atom is -0.507 e. The number of nitrogens with one attached hydrogen (secondary N) is 2. The van der Waals surface area contributed by atoms with Gasteiger partial charge in [0.1, 0.15) is 11.6 Å². The fourth-order valence-corrected chi connectivity index (χ4v) is 2.52. The zero-order valence-electron chi connectivity index (χ0n) is 14.1. The van der Waals surface area contributed by atoms with E-state index in [9.17, 15) is 19.1 Å². The lowest BCUT2D eigenvalue weighted by Crippen LogP contribution is -2.34. The molecule has 0 spiro atoms. The molecule has 0 unspecified atom stereocenters. The summed E-state index contributed by atoms with van der Waals surface area (Å²) < 4.78 is 13.1. The summed E-state index contributed by atoms with van der Waals surface area (Å²) in [6.07, 6.45) is 1.34. The number of amides is 2. The predicted molar refractivity (Wildman–Crippen MR) is 100 cm³/mol. The van der Waals surface area contributed by atoms with E-state index in [4.69, 9.17) is 0 Å². The Kier molecular flexibility index (Phi) is 5.41. The highest BCUT2D eigenvalue weighted by Crippen LogP contribution is 2.25. The average molecular weight is 365 g/mol. The number of hydrazone groups is 1. The number of benzene rings is 3. The first-order valence-corrected chi connectivity index (χ1v) is 8.11. The first kappa shape index (κ1) is 18.1. The van der Waals surface area contributed by atoms with E-state index in [1.807, 2.05) is 24.3 Å². The average Bonchev–Trinajstić information content (AvgIpc) is 2.68. The molecule has 3 rings (SSSR count). The SMILES string of the molecule is O=C(CNC(=O)c1cccc(F)c1)N/N=C/c1c(O)ccc2ccccc12. The lowest BCUT2D eigenvalue weighted by Gasteiger charge is -2.06. The second-order valence-electron chi connectivity index (χ2n) is 5.71. The number of phenolic OH excluding ortho intramolecular Hbond substituents is 1. The normalized spacial score (nSPS) is 10.9. The van der Waals surface area contributed by atoms with Gasteiger partial charge >= 0.3 is 0 Å². The summed E-state index contributed by atoms with van der Waals surface area (Å²) in [7, 11) is 0. The topological polar surface area (TPSA) is 90.8 Å². The molecular weight excluding hydrogens is 349 g/mol. The van der Waals surface area contributed by atoms with Crippen LogP contribution in [0, 0.1) is 5.82 Å². The number of fused-ring (bicyclic) bond motifs is 1. The highest BCUT2D eigenvalue weighted by Gasteiger charge is 2.09. The molecule has 3 aromatic rings. The standard InChI is InChI=1S/C20H16FN3O3/c21-15-6-3-5-14(10-15)20(27)22-12-19(26)24-23-11-17-16-7-2-1-4-13(16)8-9-18(17)25/h1-11,25H,12H2,(H,22,27)(H,24,26)/b23-11+. The van der Waals surface area contributed by atoms with Crippen LogP contribution in [-0.4, -0.2) is 29.7 Å². The van der Waals surface area contributed by atoms with Crippen LogP contribution in [0.15, 0.2) is 65.8 Å². The van der Waals surface area contributed by atoms with Gasteiger partial charge in [-0.2, -0.15) is 5.10 Å². The summed E-state index contributed by atoms with van der Waals surface area (Å²) in [4.78, 5) is 23.7. The minimum atomic E-state index is -0.569. The van der Waals surface area contributed by atoms with Gasteiger partial charge < -0.3 is 10.4 Å². The van der Waals surface area contributed by atoms with Crippen molar-refractivity contribution in [1.29, 1.82) is 0 Å². The van der Waals surface area contributed by atoms with Crippen LogP contribution < -0.4 is 10.7 Å².